The molecule has 0 atom stereocenters. The van der Waals surface area contributed by atoms with Gasteiger partial charge in [0.25, 0.3) is 0 Å². The van der Waals surface area contributed by atoms with Crippen LogP contribution in [0, 0.1) is 0 Å². The summed E-state index contributed by atoms with van der Waals surface area (Å²) in [5, 5.41) is 7.47. The zero-order valence-corrected chi connectivity index (χ0v) is 12.4. The van der Waals surface area contributed by atoms with Crippen LogP contribution in [-0.4, -0.2) is 47.7 Å². The molecule has 0 aliphatic carbocycles. The zero-order valence-electron chi connectivity index (χ0n) is 12.4. The normalized spacial score (nSPS) is 10.4. The van der Waals surface area contributed by atoms with Gasteiger partial charge in [-0.05, 0) is 0 Å². The molecule has 0 bridgehead atoms. The first kappa shape index (κ1) is 15.0. The van der Waals surface area contributed by atoms with Crippen LogP contribution in [0.1, 0.15) is 5.56 Å². The molecule has 8 nitrogen and oxygen atoms in total. The van der Waals surface area contributed by atoms with Gasteiger partial charge >= 0.3 is 0 Å². The third-order valence-electron chi connectivity index (χ3n) is 2.88. The number of hydrogen-bond donors (Lipinski definition) is 1. The van der Waals surface area contributed by atoms with Crippen LogP contribution in [0.2, 0.25) is 0 Å². The zero-order chi connectivity index (χ0) is 15.1. The summed E-state index contributed by atoms with van der Waals surface area (Å²) in [7, 11) is 4.79. The molecule has 1 N–H and O–H groups in total. The minimum absolute atomic E-state index is 0.475. The highest BCUT2D eigenvalue weighted by Gasteiger charge is 2.12. The summed E-state index contributed by atoms with van der Waals surface area (Å²) >= 11 is 0. The average Bonchev–Trinajstić information content (AvgIpc) is 2.98. The van der Waals surface area contributed by atoms with E-state index in [9.17, 15) is 0 Å². The maximum Gasteiger partial charge on any atom is 0.225 e. The van der Waals surface area contributed by atoms with Crippen LogP contribution in [-0.2, 0) is 17.8 Å². The van der Waals surface area contributed by atoms with Crippen molar-refractivity contribution in [2.24, 2.45) is 0 Å². The van der Waals surface area contributed by atoms with Crippen molar-refractivity contribution in [3.63, 3.8) is 0 Å². The van der Waals surface area contributed by atoms with E-state index in [1.165, 1.54) is 6.33 Å². The van der Waals surface area contributed by atoms with E-state index in [0.717, 1.165) is 11.3 Å². The van der Waals surface area contributed by atoms with E-state index in [-0.39, 0.29) is 0 Å². The van der Waals surface area contributed by atoms with Gasteiger partial charge < -0.3 is 19.5 Å². The number of rotatable bonds is 8. The minimum Gasteiger partial charge on any atom is -0.481 e. The summed E-state index contributed by atoms with van der Waals surface area (Å²) in [6.07, 6.45) is 5.06. The summed E-state index contributed by atoms with van der Waals surface area (Å²) in [4.78, 5) is 8.15. The van der Waals surface area contributed by atoms with Crippen molar-refractivity contribution in [3.8, 4) is 11.8 Å². The van der Waals surface area contributed by atoms with Crippen molar-refractivity contribution in [1.29, 1.82) is 0 Å². The fraction of sp³-hybridized carbons (Fsp3) is 0.462. The van der Waals surface area contributed by atoms with Crippen molar-refractivity contribution in [2.75, 3.05) is 33.3 Å². The summed E-state index contributed by atoms with van der Waals surface area (Å²) in [5.41, 5.74) is 1.64. The third kappa shape index (κ3) is 3.82. The van der Waals surface area contributed by atoms with Gasteiger partial charge in [0, 0.05) is 13.3 Å². The van der Waals surface area contributed by atoms with Crippen LogP contribution in [0.25, 0.3) is 0 Å². The Morgan fingerprint density at radius 2 is 1.86 bits per heavy atom. The smallest absolute Gasteiger partial charge is 0.225 e. The van der Waals surface area contributed by atoms with Gasteiger partial charge in [0.15, 0.2) is 0 Å². The number of nitrogens with zero attached hydrogens (tertiary/aromatic N) is 4. The molecule has 0 saturated carbocycles. The Balaban J connectivity index is 2.04. The SMILES string of the molecule is COCCn1cc(NCc2c(OC)ncnc2OC)cn1. The monoisotopic (exact) mass is 293 g/mol. The Morgan fingerprint density at radius 3 is 2.48 bits per heavy atom. The molecule has 0 aliphatic rings. The quantitative estimate of drug-likeness (QED) is 0.775. The molecule has 2 rings (SSSR count). The second-order valence-corrected chi connectivity index (χ2v) is 4.21. The first-order valence-electron chi connectivity index (χ1n) is 6.45. The van der Waals surface area contributed by atoms with Crippen LogP contribution < -0.4 is 14.8 Å². The van der Waals surface area contributed by atoms with Gasteiger partial charge in [-0.2, -0.15) is 5.10 Å². The van der Waals surface area contributed by atoms with E-state index < -0.39 is 0 Å². The van der Waals surface area contributed by atoms with Crippen molar-refractivity contribution in [3.05, 3.63) is 24.3 Å². The molecular formula is C13H19N5O3. The van der Waals surface area contributed by atoms with E-state index >= 15 is 0 Å². The molecular weight excluding hydrogens is 274 g/mol. The number of hydrogen-bond acceptors (Lipinski definition) is 7. The van der Waals surface area contributed by atoms with E-state index in [4.69, 9.17) is 14.2 Å². The Kier molecular flexibility index (Phi) is 5.33. The van der Waals surface area contributed by atoms with Gasteiger partial charge in [-0.3, -0.25) is 4.68 Å². The van der Waals surface area contributed by atoms with E-state index in [0.29, 0.717) is 31.5 Å². The second kappa shape index (κ2) is 7.44. The highest BCUT2D eigenvalue weighted by atomic mass is 16.5. The van der Waals surface area contributed by atoms with E-state index in [2.05, 4.69) is 20.4 Å². The lowest BCUT2D eigenvalue weighted by Gasteiger charge is -2.11. The Bertz CT molecular complexity index is 550. The molecule has 0 amide bonds. The summed E-state index contributed by atoms with van der Waals surface area (Å²) in [6, 6.07) is 0. The molecule has 21 heavy (non-hydrogen) atoms. The molecule has 0 fully saturated rings. The molecule has 0 saturated heterocycles. The van der Waals surface area contributed by atoms with Gasteiger partial charge in [-0.1, -0.05) is 0 Å². The number of ether oxygens (including phenoxy) is 3. The van der Waals surface area contributed by atoms with Gasteiger partial charge in [-0.25, -0.2) is 9.97 Å². The molecule has 0 aliphatic heterocycles. The Labute approximate surface area is 123 Å². The van der Waals surface area contributed by atoms with Gasteiger partial charge in [0.05, 0.1) is 51.4 Å². The number of nitrogens with one attached hydrogen (secondary N) is 1. The van der Waals surface area contributed by atoms with Crippen molar-refractivity contribution < 1.29 is 14.2 Å². The highest BCUT2D eigenvalue weighted by molar-refractivity contribution is 5.43. The Hall–Kier alpha value is -2.35. The lowest BCUT2D eigenvalue weighted by atomic mass is 10.3. The van der Waals surface area contributed by atoms with Gasteiger partial charge in [0.1, 0.15) is 6.33 Å². The molecule has 2 aromatic rings. The minimum atomic E-state index is 0.475. The van der Waals surface area contributed by atoms with Crippen molar-refractivity contribution >= 4 is 5.69 Å². The average molecular weight is 293 g/mol. The predicted molar refractivity (Wildman–Crippen MR) is 76.6 cm³/mol. The molecule has 0 unspecified atom stereocenters. The van der Waals surface area contributed by atoms with E-state index in [1.54, 1.807) is 27.5 Å². The van der Waals surface area contributed by atoms with Crippen molar-refractivity contribution in [1.82, 2.24) is 19.7 Å². The van der Waals surface area contributed by atoms with Crippen LogP contribution in [0.4, 0.5) is 5.69 Å². The number of anilines is 1. The molecule has 114 valence electrons. The molecule has 0 spiro atoms. The summed E-state index contributed by atoms with van der Waals surface area (Å²) in [5.74, 6) is 0.974. The largest absolute Gasteiger partial charge is 0.481 e. The van der Waals surface area contributed by atoms with Crippen LogP contribution in [0.5, 0.6) is 11.8 Å². The number of methoxy groups -OCH3 is 3. The lowest BCUT2D eigenvalue weighted by molar-refractivity contribution is 0.183. The van der Waals surface area contributed by atoms with E-state index in [1.807, 2.05) is 10.9 Å². The Morgan fingerprint density at radius 1 is 1.14 bits per heavy atom. The topological polar surface area (TPSA) is 83.3 Å². The lowest BCUT2D eigenvalue weighted by Crippen LogP contribution is -2.07. The third-order valence-corrected chi connectivity index (χ3v) is 2.88. The fourth-order valence-corrected chi connectivity index (χ4v) is 1.84. The highest BCUT2D eigenvalue weighted by Crippen LogP contribution is 2.24. The first-order chi connectivity index (χ1) is 10.3. The molecule has 0 radical (unpaired) electrons. The van der Waals surface area contributed by atoms with Crippen LogP contribution in [0.15, 0.2) is 18.7 Å². The number of aromatic nitrogens is 4. The van der Waals surface area contributed by atoms with Crippen molar-refractivity contribution in [2.45, 2.75) is 13.1 Å². The molecule has 2 heterocycles. The molecule has 8 heteroatoms. The molecule has 0 aromatic carbocycles. The fourth-order valence-electron chi connectivity index (χ4n) is 1.84. The van der Waals surface area contributed by atoms with Gasteiger partial charge in [-0.15, -0.1) is 0 Å². The maximum atomic E-state index is 5.23. The maximum absolute atomic E-state index is 5.23. The van der Waals surface area contributed by atoms with Gasteiger partial charge in [0.2, 0.25) is 11.8 Å². The van der Waals surface area contributed by atoms with Crippen LogP contribution >= 0.6 is 0 Å². The van der Waals surface area contributed by atoms with Crippen LogP contribution in [0.3, 0.4) is 0 Å². The first-order valence-corrected chi connectivity index (χ1v) is 6.45. The summed E-state index contributed by atoms with van der Waals surface area (Å²) < 4.78 is 17.3. The summed E-state index contributed by atoms with van der Waals surface area (Å²) in [6.45, 7) is 1.80. The standard InChI is InChI=1S/C13H19N5O3/c1-19-5-4-18-8-10(6-17-18)14-7-11-12(20-2)15-9-16-13(11)21-3/h6,8-9,14H,4-5,7H2,1-3H3. The molecule has 2 aromatic heterocycles. The second-order valence-electron chi connectivity index (χ2n) is 4.21. The predicted octanol–water partition coefficient (Wildman–Crippen LogP) is 0.949.